The molecule has 2 atom stereocenters. The highest BCUT2D eigenvalue weighted by atomic mass is 35.5. The molecule has 198 valence electrons. The Balaban J connectivity index is 0.00000361. The number of hydrogen-bond donors (Lipinski definition) is 4. The van der Waals surface area contributed by atoms with Crippen molar-refractivity contribution in [1.82, 2.24) is 0 Å². The van der Waals surface area contributed by atoms with Gasteiger partial charge >= 0.3 is 0 Å². The molecule has 0 aliphatic carbocycles. The average Bonchev–Trinajstić information content (AvgIpc) is 2.91. The minimum atomic E-state index is -0.727. The van der Waals surface area contributed by atoms with E-state index in [4.69, 9.17) is 22.9 Å². The molecule has 8 heteroatoms. The first-order valence-electron chi connectivity index (χ1n) is 11.6. The smallest absolute Gasteiger partial charge is 0.209 e. The standard InChI is InChI=1S/C30H30N4O2.2ClH/c31-19-23-9-5-21(6-10-23)17-25(35)13-15-29(33)27-3-1-2-4-28(27)30(34)16-14-26(36)18-22-7-11-24(20-32)12-8-22;;/h1-12,29-30H,17-20,31-34H2;2*1H. The van der Waals surface area contributed by atoms with E-state index in [0.29, 0.717) is 24.2 Å². The van der Waals surface area contributed by atoms with Crippen LogP contribution in [0.3, 0.4) is 0 Å². The second-order valence-corrected chi connectivity index (χ2v) is 8.36. The summed E-state index contributed by atoms with van der Waals surface area (Å²) in [6, 6.07) is 20.8. The first kappa shape index (κ1) is 32.6. The summed E-state index contributed by atoms with van der Waals surface area (Å²) in [5.41, 5.74) is 28.8. The number of benzene rings is 3. The molecule has 0 aliphatic rings. The maximum absolute atomic E-state index is 12.3. The molecule has 0 heterocycles. The number of carbonyl (C=O) groups is 2. The van der Waals surface area contributed by atoms with Crippen LogP contribution >= 0.6 is 24.8 Å². The summed E-state index contributed by atoms with van der Waals surface area (Å²) in [5, 5.41) is 0. The van der Waals surface area contributed by atoms with Crippen molar-refractivity contribution in [3.8, 4) is 23.7 Å². The Hall–Kier alpha value is -3.46. The summed E-state index contributed by atoms with van der Waals surface area (Å²) in [5.74, 6) is 10.4. The number of halogens is 2. The first-order valence-corrected chi connectivity index (χ1v) is 11.6. The maximum Gasteiger partial charge on any atom is 0.209 e. The lowest BCUT2D eigenvalue weighted by molar-refractivity contribution is -0.114. The molecule has 0 aromatic heterocycles. The van der Waals surface area contributed by atoms with Gasteiger partial charge < -0.3 is 22.9 Å². The van der Waals surface area contributed by atoms with Gasteiger partial charge in [0.2, 0.25) is 11.6 Å². The normalized spacial score (nSPS) is 11.3. The van der Waals surface area contributed by atoms with Crippen LogP contribution in [0.25, 0.3) is 0 Å². The molecule has 8 N–H and O–H groups in total. The molecule has 2 unspecified atom stereocenters. The fraction of sp³-hybridized carbons (Fsp3) is 0.200. The lowest BCUT2D eigenvalue weighted by Crippen LogP contribution is -2.17. The van der Waals surface area contributed by atoms with Crippen LogP contribution in [0.1, 0.15) is 45.5 Å². The predicted octanol–water partition coefficient (Wildman–Crippen LogP) is 3.08. The highest BCUT2D eigenvalue weighted by Gasteiger charge is 2.13. The van der Waals surface area contributed by atoms with Gasteiger partial charge in [-0.25, -0.2) is 0 Å². The Labute approximate surface area is 236 Å². The fourth-order valence-electron chi connectivity index (χ4n) is 3.59. The van der Waals surface area contributed by atoms with Crippen molar-refractivity contribution < 1.29 is 9.59 Å². The molecule has 3 aromatic rings. The minimum Gasteiger partial charge on any atom is -0.326 e. The maximum atomic E-state index is 12.3. The molecular weight excluding hydrogens is 519 g/mol. The van der Waals surface area contributed by atoms with Gasteiger partial charge in [0, 0.05) is 25.9 Å². The number of nitrogens with two attached hydrogens (primary N) is 4. The van der Waals surface area contributed by atoms with Gasteiger partial charge in [0.1, 0.15) is 0 Å². The van der Waals surface area contributed by atoms with E-state index < -0.39 is 12.1 Å². The number of Topliss-reactive ketones (excluding diaryl/α,β-unsaturated/α-hetero) is 2. The highest BCUT2D eigenvalue weighted by molar-refractivity contribution is 5.97. The third-order valence-corrected chi connectivity index (χ3v) is 5.65. The molecule has 0 bridgehead atoms. The molecule has 0 amide bonds. The number of carbonyl (C=O) groups excluding carboxylic acids is 2. The topological polar surface area (TPSA) is 138 Å². The van der Waals surface area contributed by atoms with Gasteiger partial charge in [-0.15, -0.1) is 24.8 Å². The molecule has 38 heavy (non-hydrogen) atoms. The van der Waals surface area contributed by atoms with Crippen molar-refractivity contribution >= 4 is 36.4 Å². The third kappa shape index (κ3) is 9.78. The summed E-state index contributed by atoms with van der Waals surface area (Å²) in [4.78, 5) is 24.7. The molecular formula is C30H32Cl2N4O2. The molecule has 0 fully saturated rings. The van der Waals surface area contributed by atoms with Crippen LogP contribution in [0.5, 0.6) is 0 Å². The quantitative estimate of drug-likeness (QED) is 0.251. The average molecular weight is 552 g/mol. The molecule has 6 nitrogen and oxygen atoms in total. The van der Waals surface area contributed by atoms with Gasteiger partial charge in [0.25, 0.3) is 0 Å². The predicted molar refractivity (Wildman–Crippen MR) is 156 cm³/mol. The Morgan fingerprint density at radius 1 is 0.579 bits per heavy atom. The van der Waals surface area contributed by atoms with E-state index in [9.17, 15) is 9.59 Å². The second kappa shape index (κ2) is 16.4. The van der Waals surface area contributed by atoms with Crippen LogP contribution in [-0.4, -0.2) is 11.6 Å². The minimum absolute atomic E-state index is 0. The van der Waals surface area contributed by atoms with Crippen molar-refractivity contribution in [3.05, 3.63) is 106 Å². The molecule has 3 rings (SSSR count). The Morgan fingerprint density at radius 2 is 0.895 bits per heavy atom. The highest BCUT2D eigenvalue weighted by Crippen LogP contribution is 2.21. The van der Waals surface area contributed by atoms with E-state index >= 15 is 0 Å². The van der Waals surface area contributed by atoms with E-state index in [1.807, 2.05) is 60.7 Å². The number of ketones is 2. The Kier molecular flexibility index (Phi) is 14.1. The van der Waals surface area contributed by atoms with E-state index in [1.165, 1.54) is 0 Å². The van der Waals surface area contributed by atoms with Gasteiger partial charge in [0.05, 0.1) is 12.1 Å². The van der Waals surface area contributed by atoms with Crippen molar-refractivity contribution in [2.24, 2.45) is 22.9 Å². The summed E-state index contributed by atoms with van der Waals surface area (Å²) in [6.07, 6.45) is 0.378. The number of rotatable bonds is 8. The zero-order chi connectivity index (χ0) is 25.9. The summed E-state index contributed by atoms with van der Waals surface area (Å²) < 4.78 is 0. The molecule has 0 aliphatic heterocycles. The van der Waals surface area contributed by atoms with Gasteiger partial charge in [0.15, 0.2) is 0 Å². The van der Waals surface area contributed by atoms with Crippen LogP contribution in [-0.2, 0) is 35.5 Å². The summed E-state index contributed by atoms with van der Waals surface area (Å²) in [7, 11) is 0. The summed E-state index contributed by atoms with van der Waals surface area (Å²) >= 11 is 0. The SMILES string of the molecule is Cl.Cl.NCc1ccc(CC(=O)C#CC(N)c2ccccc2C(N)C#CC(=O)Cc2ccc(CN)cc2)cc1. The van der Waals surface area contributed by atoms with Crippen molar-refractivity contribution in [2.45, 2.75) is 38.0 Å². The van der Waals surface area contributed by atoms with E-state index in [-0.39, 0.29) is 49.2 Å². The fourth-order valence-corrected chi connectivity index (χ4v) is 3.59. The van der Waals surface area contributed by atoms with E-state index in [2.05, 4.69) is 23.7 Å². The molecule has 3 aromatic carbocycles. The van der Waals surface area contributed by atoms with Crippen molar-refractivity contribution in [3.63, 3.8) is 0 Å². The zero-order valence-corrected chi connectivity index (χ0v) is 22.5. The van der Waals surface area contributed by atoms with Crippen LogP contribution < -0.4 is 22.9 Å². The van der Waals surface area contributed by atoms with Gasteiger partial charge in [-0.2, -0.15) is 0 Å². The first-order chi connectivity index (χ1) is 17.4. The Morgan fingerprint density at radius 3 is 1.21 bits per heavy atom. The largest absolute Gasteiger partial charge is 0.326 e. The van der Waals surface area contributed by atoms with Crippen molar-refractivity contribution in [2.75, 3.05) is 0 Å². The molecule has 0 saturated heterocycles. The molecule has 0 radical (unpaired) electrons. The molecule has 0 spiro atoms. The lowest BCUT2D eigenvalue weighted by Gasteiger charge is -2.14. The van der Waals surface area contributed by atoms with Crippen LogP contribution in [0, 0.1) is 23.7 Å². The molecule has 0 saturated carbocycles. The lowest BCUT2D eigenvalue weighted by atomic mass is 9.96. The third-order valence-electron chi connectivity index (χ3n) is 5.65. The monoisotopic (exact) mass is 550 g/mol. The van der Waals surface area contributed by atoms with E-state index in [0.717, 1.165) is 22.3 Å². The van der Waals surface area contributed by atoms with Gasteiger partial charge in [-0.3, -0.25) is 9.59 Å². The van der Waals surface area contributed by atoms with Gasteiger partial charge in [-0.05, 0) is 45.2 Å². The summed E-state index contributed by atoms with van der Waals surface area (Å²) in [6.45, 7) is 0.901. The second-order valence-electron chi connectivity index (χ2n) is 8.36. The van der Waals surface area contributed by atoms with Crippen molar-refractivity contribution in [1.29, 1.82) is 0 Å². The zero-order valence-electron chi connectivity index (χ0n) is 20.9. The van der Waals surface area contributed by atoms with E-state index in [1.54, 1.807) is 12.1 Å². The number of hydrogen-bond acceptors (Lipinski definition) is 6. The Bertz CT molecular complexity index is 1230. The van der Waals surface area contributed by atoms with Crippen LogP contribution in [0.2, 0.25) is 0 Å². The van der Waals surface area contributed by atoms with Gasteiger partial charge in [-0.1, -0.05) is 84.6 Å². The van der Waals surface area contributed by atoms with Crippen LogP contribution in [0.4, 0.5) is 0 Å². The van der Waals surface area contributed by atoms with Crippen LogP contribution in [0.15, 0.2) is 72.8 Å².